The minimum absolute atomic E-state index is 0.0358. The number of hydrogen-bond donors (Lipinski definition) is 4. The molecule has 0 saturated heterocycles. The number of nitrogens with zero attached hydrogens (tertiary/aromatic N) is 5. The predicted octanol–water partition coefficient (Wildman–Crippen LogP) is 7.48. The van der Waals surface area contributed by atoms with E-state index in [0.717, 1.165) is 18.4 Å². The zero-order valence-electron chi connectivity index (χ0n) is 36.0. The SMILES string of the molecule is Cn1nc(NS(C)(=O)=O)c2c(Cl)ccc(-c3ccc(C#CC(C)(O)CNC(=O)OC(C)(C)C)nc3C(Cc3cc(F)cc(F)c3)NC(=O)Cn3nc(C(F)(F)F)c4c3C(F)(F)C3CCC43)c21. The number of aromatic nitrogens is 5. The fourth-order valence-corrected chi connectivity index (χ4v) is 8.93. The Morgan fingerprint density at radius 3 is 2.30 bits per heavy atom. The number of rotatable bonds is 11. The third-order valence-corrected chi connectivity index (χ3v) is 11.8. The van der Waals surface area contributed by atoms with Gasteiger partial charge in [-0.25, -0.2) is 27.0 Å². The first-order chi connectivity index (χ1) is 30.5. The van der Waals surface area contributed by atoms with Crippen molar-refractivity contribution in [1.82, 2.24) is 35.2 Å². The molecule has 2 aliphatic rings. The van der Waals surface area contributed by atoms with Crippen LogP contribution < -0.4 is 15.4 Å². The Bertz CT molecular complexity index is 2940. The van der Waals surface area contributed by atoms with E-state index in [1.807, 2.05) is 0 Å². The highest BCUT2D eigenvalue weighted by atomic mass is 35.5. The number of nitrogens with one attached hydrogen (secondary N) is 3. The van der Waals surface area contributed by atoms with Crippen LogP contribution in [0.4, 0.5) is 41.3 Å². The summed E-state index contributed by atoms with van der Waals surface area (Å²) in [5, 5.41) is 24.1. The van der Waals surface area contributed by atoms with Gasteiger partial charge in [0, 0.05) is 35.7 Å². The lowest BCUT2D eigenvalue weighted by molar-refractivity contribution is -0.144. The summed E-state index contributed by atoms with van der Waals surface area (Å²) in [7, 11) is -2.43. The van der Waals surface area contributed by atoms with Gasteiger partial charge in [0.25, 0.3) is 5.92 Å². The predicted molar refractivity (Wildman–Crippen MR) is 227 cm³/mol. The quantitative estimate of drug-likeness (QED) is 0.0771. The Kier molecular flexibility index (Phi) is 12.4. The molecule has 3 aromatic heterocycles. The average Bonchev–Trinajstić information content (AvgIpc) is 3.73. The molecular formula is C43H42ClF7N8O6S. The molecule has 0 bridgehead atoms. The maximum atomic E-state index is 15.8. The van der Waals surface area contributed by atoms with Crippen molar-refractivity contribution in [3.8, 4) is 23.0 Å². The van der Waals surface area contributed by atoms with E-state index in [-0.39, 0.29) is 62.7 Å². The molecule has 2 aromatic carbocycles. The van der Waals surface area contributed by atoms with Crippen molar-refractivity contribution in [3.05, 3.63) is 93.0 Å². The summed E-state index contributed by atoms with van der Waals surface area (Å²) in [5.41, 5.74) is -5.58. The molecule has 7 rings (SSSR count). The number of anilines is 1. The summed E-state index contributed by atoms with van der Waals surface area (Å²) < 4.78 is 138. The van der Waals surface area contributed by atoms with E-state index < -0.39 is 111 Å². The fourth-order valence-electron chi connectivity index (χ4n) is 8.20. The van der Waals surface area contributed by atoms with Crippen molar-refractivity contribution in [2.45, 2.75) is 88.8 Å². The Hall–Kier alpha value is -5.92. The van der Waals surface area contributed by atoms with Gasteiger partial charge >= 0.3 is 12.3 Å². The number of ether oxygens (including phenoxy) is 1. The molecule has 23 heteroatoms. The van der Waals surface area contributed by atoms with Crippen molar-refractivity contribution in [2.75, 3.05) is 17.5 Å². The highest BCUT2D eigenvalue weighted by molar-refractivity contribution is 7.92. The van der Waals surface area contributed by atoms with Gasteiger partial charge in [-0.1, -0.05) is 23.6 Å². The van der Waals surface area contributed by atoms with Crippen LogP contribution in [0.5, 0.6) is 0 Å². The summed E-state index contributed by atoms with van der Waals surface area (Å²) in [6, 6.07) is 6.82. The van der Waals surface area contributed by atoms with Crippen molar-refractivity contribution in [2.24, 2.45) is 13.0 Å². The van der Waals surface area contributed by atoms with Gasteiger partial charge in [0.05, 0.1) is 40.5 Å². The van der Waals surface area contributed by atoms with Crippen LogP contribution in [0, 0.1) is 29.4 Å². The van der Waals surface area contributed by atoms with Gasteiger partial charge in [0.1, 0.15) is 40.8 Å². The Morgan fingerprint density at radius 2 is 1.70 bits per heavy atom. The Balaban J connectivity index is 1.37. The number of hydrogen-bond acceptors (Lipinski definition) is 9. The zero-order valence-corrected chi connectivity index (χ0v) is 37.5. The van der Waals surface area contributed by atoms with Gasteiger partial charge in [0.2, 0.25) is 15.9 Å². The lowest BCUT2D eigenvalue weighted by atomic mass is 9.73. The number of carbonyl (C=O) groups excluding carboxylic acids is 2. The number of alkyl halides is 5. The largest absolute Gasteiger partial charge is 0.444 e. The van der Waals surface area contributed by atoms with Crippen molar-refractivity contribution in [3.63, 3.8) is 0 Å². The van der Waals surface area contributed by atoms with Crippen LogP contribution in [0.15, 0.2) is 42.5 Å². The number of carbonyl (C=O) groups is 2. The van der Waals surface area contributed by atoms with Gasteiger partial charge in [0.15, 0.2) is 11.5 Å². The van der Waals surface area contributed by atoms with E-state index in [1.54, 1.807) is 20.8 Å². The second kappa shape index (κ2) is 17.1. The van der Waals surface area contributed by atoms with Gasteiger partial charge in [-0.05, 0) is 94.7 Å². The molecule has 0 aliphatic heterocycles. The number of aliphatic hydroxyl groups is 1. The molecule has 5 aromatic rings. The minimum atomic E-state index is -5.13. The smallest absolute Gasteiger partial charge is 0.435 e. The van der Waals surface area contributed by atoms with Crippen molar-refractivity contribution in [1.29, 1.82) is 0 Å². The molecule has 0 radical (unpaired) electrons. The van der Waals surface area contributed by atoms with Gasteiger partial charge < -0.3 is 20.5 Å². The zero-order chi connectivity index (χ0) is 48.5. The molecule has 1 fully saturated rings. The molecule has 4 atom stereocenters. The summed E-state index contributed by atoms with van der Waals surface area (Å²) >= 11 is 6.61. The van der Waals surface area contributed by atoms with Crippen LogP contribution >= 0.6 is 11.6 Å². The summed E-state index contributed by atoms with van der Waals surface area (Å²) in [6.45, 7) is 4.65. The normalized spacial score (nSPS) is 18.0. The van der Waals surface area contributed by atoms with Crippen LogP contribution in [0.1, 0.15) is 86.4 Å². The maximum absolute atomic E-state index is 15.8. The molecule has 4 unspecified atom stereocenters. The number of benzene rings is 2. The average molecular weight is 967 g/mol. The van der Waals surface area contributed by atoms with E-state index in [4.69, 9.17) is 21.3 Å². The molecule has 1 saturated carbocycles. The second-order valence-corrected chi connectivity index (χ2v) is 19.6. The van der Waals surface area contributed by atoms with Gasteiger partial charge in [-0.2, -0.15) is 32.1 Å². The lowest BCUT2D eigenvalue weighted by Crippen LogP contribution is -2.42. The van der Waals surface area contributed by atoms with Crippen LogP contribution in [-0.4, -0.2) is 74.1 Å². The number of alkyl carbamates (subject to hydrolysis) is 1. The standard InChI is InChI=1S/C43H42ClF7N8O6S/c1-40(2,3)65-39(61)52-20-41(4,62)14-13-24-7-8-25(26-10-12-29(44)33-35(26)58(5)56-38(33)57-66(6,63)64)34(53-24)30(17-21-15-22(45)18-23(46)16-21)54-31(60)19-59-37-32(36(55-59)43(49,50)51)27-9-11-28(27)42(37,47)48/h7-8,10,12,15-16,18,27-28,30,62H,9,11,17,19-20H2,1-6H3,(H,52,61)(H,54,60)(H,56,57). The first kappa shape index (κ1) is 48.0. The van der Waals surface area contributed by atoms with E-state index >= 15 is 8.78 Å². The summed E-state index contributed by atoms with van der Waals surface area (Å²) in [6.07, 6.45) is -5.50. The maximum Gasteiger partial charge on any atom is 0.435 e. The number of pyridine rings is 1. The van der Waals surface area contributed by atoms with Gasteiger partial charge in [-0.3, -0.25) is 18.9 Å². The highest BCUT2D eigenvalue weighted by Crippen LogP contribution is 2.64. The molecule has 4 N–H and O–H groups in total. The van der Waals surface area contributed by atoms with Crippen molar-refractivity contribution < 1.29 is 58.6 Å². The summed E-state index contributed by atoms with van der Waals surface area (Å²) in [4.78, 5) is 31.2. The molecule has 66 heavy (non-hydrogen) atoms. The summed E-state index contributed by atoms with van der Waals surface area (Å²) in [5.74, 6) is -4.26. The number of halogens is 8. The molecule has 2 amide bonds. The van der Waals surface area contributed by atoms with E-state index in [0.29, 0.717) is 10.7 Å². The fraction of sp³-hybridized carbons (Fsp3) is 0.419. The minimum Gasteiger partial charge on any atom is -0.444 e. The highest BCUT2D eigenvalue weighted by Gasteiger charge is 2.63. The molecule has 352 valence electrons. The second-order valence-electron chi connectivity index (χ2n) is 17.5. The first-order valence-electron chi connectivity index (χ1n) is 20.2. The van der Waals surface area contributed by atoms with E-state index in [9.17, 15) is 45.1 Å². The Morgan fingerprint density at radius 1 is 1.03 bits per heavy atom. The van der Waals surface area contributed by atoms with Gasteiger partial charge in [-0.15, -0.1) is 0 Å². The van der Waals surface area contributed by atoms with Crippen LogP contribution in [0.25, 0.3) is 22.0 Å². The van der Waals surface area contributed by atoms with Crippen LogP contribution in [0.3, 0.4) is 0 Å². The van der Waals surface area contributed by atoms with Crippen molar-refractivity contribution >= 4 is 50.3 Å². The number of fused-ring (bicyclic) bond motifs is 4. The molecule has 0 spiro atoms. The third-order valence-electron chi connectivity index (χ3n) is 10.9. The molecule has 2 aliphatic carbocycles. The Labute approximate surface area is 378 Å². The number of sulfonamides is 1. The van der Waals surface area contributed by atoms with E-state index in [1.165, 1.54) is 42.9 Å². The van der Waals surface area contributed by atoms with Crippen LogP contribution in [-0.2, 0) is 51.7 Å². The molecule has 3 heterocycles. The molecule has 14 nitrogen and oxygen atoms in total. The topological polar surface area (TPSA) is 182 Å². The number of amides is 2. The molecular weight excluding hydrogens is 925 g/mol. The first-order valence-corrected chi connectivity index (χ1v) is 22.5. The lowest BCUT2D eigenvalue weighted by Gasteiger charge is -2.34. The monoisotopic (exact) mass is 966 g/mol. The van der Waals surface area contributed by atoms with Crippen LogP contribution in [0.2, 0.25) is 5.02 Å². The number of aryl methyl sites for hydroxylation is 1. The third kappa shape index (κ3) is 10.1. The van der Waals surface area contributed by atoms with E-state index in [2.05, 4.69) is 37.4 Å².